The fourth-order valence-electron chi connectivity index (χ4n) is 4.83. The summed E-state index contributed by atoms with van der Waals surface area (Å²) in [6.45, 7) is 6.04. The van der Waals surface area contributed by atoms with E-state index in [1.165, 1.54) is 0 Å². The van der Waals surface area contributed by atoms with E-state index in [0.29, 0.717) is 12.1 Å². The SMILES string of the molecule is CCCn1nc(CN2CCC3(CC2)CN(c2ccccc2)C(=O)O3)c2ccc(C#N)cc21. The van der Waals surface area contributed by atoms with Gasteiger partial charge < -0.3 is 4.74 Å². The lowest BCUT2D eigenvalue weighted by Gasteiger charge is -2.37. The molecule has 1 spiro atoms. The molecule has 3 aromatic rings. The van der Waals surface area contributed by atoms with Crippen molar-refractivity contribution in [1.29, 1.82) is 5.26 Å². The standard InChI is InChI=1S/C25H27N5O2/c1-2-12-30-23-15-19(16-26)8-9-21(23)22(27-30)17-28-13-10-25(11-14-28)18-29(24(31)32-25)20-6-4-3-5-7-20/h3-9,15H,2,10-14,17-18H2,1H3. The van der Waals surface area contributed by atoms with E-state index in [9.17, 15) is 10.1 Å². The number of para-hydroxylation sites is 1. The highest BCUT2D eigenvalue weighted by molar-refractivity contribution is 5.90. The van der Waals surface area contributed by atoms with Crippen LogP contribution >= 0.6 is 0 Å². The van der Waals surface area contributed by atoms with Crippen LogP contribution in [0.3, 0.4) is 0 Å². The monoisotopic (exact) mass is 429 g/mol. The Balaban J connectivity index is 1.29. The Hall–Kier alpha value is -3.37. The van der Waals surface area contributed by atoms with Crippen LogP contribution in [0.2, 0.25) is 0 Å². The van der Waals surface area contributed by atoms with Gasteiger partial charge in [0.15, 0.2) is 0 Å². The third-order valence-electron chi connectivity index (χ3n) is 6.57. The van der Waals surface area contributed by atoms with E-state index in [1.54, 1.807) is 4.90 Å². The molecule has 32 heavy (non-hydrogen) atoms. The van der Waals surface area contributed by atoms with Gasteiger partial charge in [0.25, 0.3) is 0 Å². The first-order chi connectivity index (χ1) is 15.6. The molecule has 0 unspecified atom stereocenters. The van der Waals surface area contributed by atoms with E-state index in [1.807, 2.05) is 53.2 Å². The van der Waals surface area contributed by atoms with Gasteiger partial charge in [-0.15, -0.1) is 0 Å². The number of carbonyl (C=O) groups excluding carboxylic acids is 1. The zero-order chi connectivity index (χ0) is 22.1. The van der Waals surface area contributed by atoms with Gasteiger partial charge in [-0.2, -0.15) is 10.4 Å². The summed E-state index contributed by atoms with van der Waals surface area (Å²) in [7, 11) is 0. The van der Waals surface area contributed by atoms with Crippen LogP contribution in [0.25, 0.3) is 10.9 Å². The lowest BCUT2D eigenvalue weighted by molar-refractivity contribution is -0.00118. The Kier molecular flexibility index (Phi) is 5.32. The number of carbonyl (C=O) groups is 1. The molecule has 3 heterocycles. The minimum Gasteiger partial charge on any atom is -0.441 e. The summed E-state index contributed by atoms with van der Waals surface area (Å²) in [5.74, 6) is 0. The zero-order valence-corrected chi connectivity index (χ0v) is 18.3. The maximum absolute atomic E-state index is 12.5. The van der Waals surface area contributed by atoms with Crippen LogP contribution in [0.4, 0.5) is 10.5 Å². The lowest BCUT2D eigenvalue weighted by Crippen LogP contribution is -2.46. The first kappa shape index (κ1) is 20.5. The maximum Gasteiger partial charge on any atom is 0.415 e. The summed E-state index contributed by atoms with van der Waals surface area (Å²) in [6.07, 6.45) is 2.37. The molecule has 0 atom stereocenters. The van der Waals surface area contributed by atoms with Crippen LogP contribution in [-0.4, -0.2) is 46.0 Å². The lowest BCUT2D eigenvalue weighted by atomic mass is 9.91. The van der Waals surface area contributed by atoms with E-state index >= 15 is 0 Å². The summed E-state index contributed by atoms with van der Waals surface area (Å²) >= 11 is 0. The Labute approximate surface area is 187 Å². The third-order valence-corrected chi connectivity index (χ3v) is 6.57. The average Bonchev–Trinajstić information content (AvgIpc) is 3.33. The van der Waals surface area contributed by atoms with Crippen LogP contribution in [-0.2, 0) is 17.8 Å². The minimum absolute atomic E-state index is 0.248. The predicted octanol–water partition coefficient (Wildman–Crippen LogP) is 4.31. The molecule has 164 valence electrons. The molecular formula is C25H27N5O2. The highest BCUT2D eigenvalue weighted by Crippen LogP contribution is 2.36. The number of hydrogen-bond donors (Lipinski definition) is 0. The molecule has 0 aliphatic carbocycles. The zero-order valence-electron chi connectivity index (χ0n) is 18.3. The number of nitrogens with zero attached hydrogens (tertiary/aromatic N) is 5. The second kappa shape index (κ2) is 8.29. The van der Waals surface area contributed by atoms with Crippen molar-refractivity contribution in [2.75, 3.05) is 24.5 Å². The highest BCUT2D eigenvalue weighted by atomic mass is 16.6. The van der Waals surface area contributed by atoms with Crippen molar-refractivity contribution in [3.8, 4) is 6.07 Å². The van der Waals surface area contributed by atoms with Gasteiger partial charge in [0.05, 0.1) is 29.4 Å². The van der Waals surface area contributed by atoms with Gasteiger partial charge in [-0.25, -0.2) is 4.79 Å². The van der Waals surface area contributed by atoms with Crippen molar-refractivity contribution >= 4 is 22.7 Å². The number of aryl methyl sites for hydroxylation is 1. The topological polar surface area (TPSA) is 74.4 Å². The van der Waals surface area contributed by atoms with Crippen molar-refractivity contribution in [1.82, 2.24) is 14.7 Å². The molecule has 2 saturated heterocycles. The van der Waals surface area contributed by atoms with Crippen molar-refractivity contribution < 1.29 is 9.53 Å². The van der Waals surface area contributed by atoms with Crippen LogP contribution in [0, 0.1) is 11.3 Å². The largest absolute Gasteiger partial charge is 0.441 e. The molecule has 0 N–H and O–H groups in total. The molecule has 7 heteroatoms. The van der Waals surface area contributed by atoms with Crippen molar-refractivity contribution in [2.45, 2.75) is 44.9 Å². The molecule has 7 nitrogen and oxygen atoms in total. The number of aromatic nitrogens is 2. The Morgan fingerprint density at radius 1 is 1.16 bits per heavy atom. The van der Waals surface area contributed by atoms with Crippen molar-refractivity contribution in [3.63, 3.8) is 0 Å². The second-order valence-corrected chi connectivity index (χ2v) is 8.76. The third kappa shape index (κ3) is 3.71. The molecule has 0 bridgehead atoms. The van der Waals surface area contributed by atoms with E-state index < -0.39 is 5.60 Å². The summed E-state index contributed by atoms with van der Waals surface area (Å²) in [5.41, 5.74) is 3.21. The number of likely N-dealkylation sites (tertiary alicyclic amines) is 1. The summed E-state index contributed by atoms with van der Waals surface area (Å²) in [6, 6.07) is 17.8. The molecule has 5 rings (SSSR count). The maximum atomic E-state index is 12.5. The summed E-state index contributed by atoms with van der Waals surface area (Å²) in [4.78, 5) is 16.7. The number of piperidine rings is 1. The number of anilines is 1. The van der Waals surface area contributed by atoms with Gasteiger partial charge in [0.1, 0.15) is 5.60 Å². The van der Waals surface area contributed by atoms with Gasteiger partial charge >= 0.3 is 6.09 Å². The summed E-state index contributed by atoms with van der Waals surface area (Å²) in [5, 5.41) is 15.3. The Morgan fingerprint density at radius 2 is 1.94 bits per heavy atom. The molecule has 2 aliphatic rings. The van der Waals surface area contributed by atoms with Gasteiger partial charge in [-0.05, 0) is 36.8 Å². The smallest absolute Gasteiger partial charge is 0.415 e. The molecule has 0 radical (unpaired) electrons. The fourth-order valence-corrected chi connectivity index (χ4v) is 4.83. The molecule has 2 aliphatic heterocycles. The number of benzene rings is 2. The minimum atomic E-state index is -0.408. The number of amides is 1. The Bertz CT molecular complexity index is 1170. The molecule has 2 fully saturated rings. The van der Waals surface area contributed by atoms with E-state index in [2.05, 4.69) is 17.9 Å². The molecular weight excluding hydrogens is 402 g/mol. The highest BCUT2D eigenvalue weighted by Gasteiger charge is 2.47. The van der Waals surface area contributed by atoms with Gasteiger partial charge in [-0.3, -0.25) is 14.5 Å². The normalized spacial score (nSPS) is 18.2. The quantitative estimate of drug-likeness (QED) is 0.604. The number of ether oxygens (including phenoxy) is 1. The van der Waals surface area contributed by atoms with E-state index in [-0.39, 0.29) is 6.09 Å². The number of nitriles is 1. The van der Waals surface area contributed by atoms with Crippen LogP contribution in [0.1, 0.15) is 37.4 Å². The van der Waals surface area contributed by atoms with E-state index in [4.69, 9.17) is 9.84 Å². The number of fused-ring (bicyclic) bond motifs is 1. The average molecular weight is 430 g/mol. The first-order valence-corrected chi connectivity index (χ1v) is 11.3. The number of rotatable bonds is 5. The van der Waals surface area contributed by atoms with Gasteiger partial charge in [0.2, 0.25) is 0 Å². The number of hydrogen-bond acceptors (Lipinski definition) is 5. The van der Waals surface area contributed by atoms with Crippen LogP contribution in [0.5, 0.6) is 0 Å². The fraction of sp³-hybridized carbons (Fsp3) is 0.400. The van der Waals surface area contributed by atoms with Gasteiger partial charge in [0, 0.05) is 50.1 Å². The van der Waals surface area contributed by atoms with Crippen LogP contribution < -0.4 is 4.90 Å². The van der Waals surface area contributed by atoms with Crippen molar-refractivity contribution in [2.24, 2.45) is 0 Å². The van der Waals surface area contributed by atoms with Crippen LogP contribution in [0.15, 0.2) is 48.5 Å². The van der Waals surface area contributed by atoms with Crippen molar-refractivity contribution in [3.05, 3.63) is 59.8 Å². The molecule has 2 aromatic carbocycles. The first-order valence-electron chi connectivity index (χ1n) is 11.3. The molecule has 1 aromatic heterocycles. The molecule has 0 saturated carbocycles. The predicted molar refractivity (Wildman–Crippen MR) is 122 cm³/mol. The Morgan fingerprint density at radius 3 is 2.66 bits per heavy atom. The summed E-state index contributed by atoms with van der Waals surface area (Å²) < 4.78 is 7.92. The molecule has 1 amide bonds. The van der Waals surface area contributed by atoms with E-state index in [0.717, 1.165) is 67.7 Å². The van der Waals surface area contributed by atoms with Gasteiger partial charge in [-0.1, -0.05) is 25.1 Å². The second-order valence-electron chi connectivity index (χ2n) is 8.76.